The summed E-state index contributed by atoms with van der Waals surface area (Å²) in [5.74, 6) is -0.561. The van der Waals surface area contributed by atoms with E-state index in [0.717, 1.165) is 0 Å². The van der Waals surface area contributed by atoms with E-state index in [1.165, 1.54) is 24.9 Å². The van der Waals surface area contributed by atoms with E-state index in [2.05, 4.69) is 32.2 Å². The van der Waals surface area contributed by atoms with E-state index in [-0.39, 0.29) is 10.9 Å². The van der Waals surface area contributed by atoms with Gasteiger partial charge in [0.15, 0.2) is 10.9 Å². The first-order chi connectivity index (χ1) is 6.56. The fraction of sp³-hybridized carbons (Fsp3) is 0.250. The molecule has 0 rings (SSSR count). The first-order valence-corrected chi connectivity index (χ1v) is 5.57. The van der Waals surface area contributed by atoms with Crippen molar-refractivity contribution < 1.29 is 9.53 Å². The highest BCUT2D eigenvalue weighted by Gasteiger charge is 2.12. The number of hydrogen-bond donors (Lipinski definition) is 1. The van der Waals surface area contributed by atoms with Crippen LogP contribution >= 0.6 is 27.7 Å². The van der Waals surface area contributed by atoms with Gasteiger partial charge in [-0.1, -0.05) is 24.4 Å². The molecule has 0 aliphatic rings. The third kappa shape index (κ3) is 3.97. The van der Waals surface area contributed by atoms with Crippen molar-refractivity contribution in [2.45, 2.75) is 0 Å². The van der Waals surface area contributed by atoms with E-state index < -0.39 is 5.97 Å². The van der Waals surface area contributed by atoms with Crippen molar-refractivity contribution in [3.05, 3.63) is 22.8 Å². The van der Waals surface area contributed by atoms with Crippen LogP contribution in [0.5, 0.6) is 0 Å². The summed E-state index contributed by atoms with van der Waals surface area (Å²) in [5.41, 5.74) is 5.58. The van der Waals surface area contributed by atoms with Gasteiger partial charge < -0.3 is 10.5 Å². The van der Waals surface area contributed by atoms with Crippen molar-refractivity contribution in [2.75, 3.05) is 13.4 Å². The van der Waals surface area contributed by atoms with E-state index in [9.17, 15) is 4.79 Å². The second-order valence-corrected chi connectivity index (χ2v) is 3.73. The Morgan fingerprint density at radius 1 is 1.71 bits per heavy atom. The molecule has 0 aliphatic heterocycles. The van der Waals surface area contributed by atoms with Gasteiger partial charge in [0.25, 0.3) is 0 Å². The second-order valence-electron chi connectivity index (χ2n) is 2.05. The van der Waals surface area contributed by atoms with Crippen LogP contribution in [0.3, 0.4) is 0 Å². The van der Waals surface area contributed by atoms with Crippen LogP contribution < -0.4 is 5.73 Å². The van der Waals surface area contributed by atoms with E-state index in [1.54, 1.807) is 6.26 Å². The number of thioether (sulfide) groups is 1. The van der Waals surface area contributed by atoms with E-state index >= 15 is 0 Å². The van der Waals surface area contributed by atoms with Gasteiger partial charge in [0, 0.05) is 0 Å². The van der Waals surface area contributed by atoms with Gasteiger partial charge in [-0.3, -0.25) is 0 Å². The van der Waals surface area contributed by atoms with Crippen LogP contribution in [0, 0.1) is 0 Å². The van der Waals surface area contributed by atoms with Crippen LogP contribution in [0.1, 0.15) is 0 Å². The number of allylic oxidation sites excluding steroid dienone is 2. The largest absolute Gasteiger partial charge is 0.464 e. The van der Waals surface area contributed by atoms with Crippen LogP contribution in [0.4, 0.5) is 0 Å². The maximum atomic E-state index is 11.2. The number of nitrogens with zero attached hydrogens (tertiary/aromatic N) is 1. The van der Waals surface area contributed by atoms with Crippen molar-refractivity contribution in [1.29, 1.82) is 0 Å². The Morgan fingerprint density at radius 2 is 2.29 bits per heavy atom. The molecular formula is C8H11BrN2O2S. The second kappa shape index (κ2) is 6.67. The molecule has 0 spiro atoms. The summed E-state index contributed by atoms with van der Waals surface area (Å²) in [7, 11) is 1.27. The van der Waals surface area contributed by atoms with Crippen LogP contribution in [0.15, 0.2) is 27.8 Å². The normalized spacial score (nSPS) is 13.2. The monoisotopic (exact) mass is 278 g/mol. The number of aliphatic imine (C=N–C) groups is 1. The number of nitrogens with two attached hydrogens (primary N) is 1. The van der Waals surface area contributed by atoms with Crippen molar-refractivity contribution >= 4 is 38.8 Å². The number of rotatable bonds is 3. The topological polar surface area (TPSA) is 64.7 Å². The minimum Gasteiger partial charge on any atom is -0.464 e. The summed E-state index contributed by atoms with van der Waals surface area (Å²) in [6.45, 7) is 3.50. The quantitative estimate of drug-likeness (QED) is 0.280. The lowest BCUT2D eigenvalue weighted by atomic mass is 10.4. The van der Waals surface area contributed by atoms with Gasteiger partial charge in [0.2, 0.25) is 0 Å². The van der Waals surface area contributed by atoms with E-state index in [4.69, 9.17) is 5.73 Å². The number of carbonyl (C=O) groups is 1. The highest BCUT2D eigenvalue weighted by molar-refractivity contribution is 9.11. The number of hydrogen-bond acceptors (Lipinski definition) is 4. The predicted molar refractivity (Wildman–Crippen MR) is 63.3 cm³/mol. The van der Waals surface area contributed by atoms with Gasteiger partial charge in [-0.25, -0.2) is 9.79 Å². The number of amidine groups is 1. The molecule has 0 radical (unpaired) electrons. The maximum absolute atomic E-state index is 11.2. The first-order valence-electron chi connectivity index (χ1n) is 3.55. The van der Waals surface area contributed by atoms with Crippen molar-refractivity contribution in [3.63, 3.8) is 0 Å². The highest BCUT2D eigenvalue weighted by atomic mass is 79.9. The Hall–Kier alpha value is -0.750. The average Bonchev–Trinajstić information content (AvgIpc) is 2.23. The van der Waals surface area contributed by atoms with Crippen LogP contribution in [0.2, 0.25) is 0 Å². The van der Waals surface area contributed by atoms with E-state index in [1.807, 2.05) is 0 Å². The van der Waals surface area contributed by atoms with Gasteiger partial charge in [-0.05, 0) is 22.2 Å². The van der Waals surface area contributed by atoms with Gasteiger partial charge >= 0.3 is 5.97 Å². The molecule has 0 amide bonds. The van der Waals surface area contributed by atoms with Crippen molar-refractivity contribution in [1.82, 2.24) is 0 Å². The third-order valence-electron chi connectivity index (χ3n) is 1.22. The number of esters is 1. The summed E-state index contributed by atoms with van der Waals surface area (Å²) in [6.07, 6.45) is 3.21. The molecule has 0 aliphatic carbocycles. The molecule has 0 saturated carbocycles. The fourth-order valence-electron chi connectivity index (χ4n) is 0.546. The zero-order valence-electron chi connectivity index (χ0n) is 7.91. The van der Waals surface area contributed by atoms with Crippen LogP contribution in [-0.4, -0.2) is 24.5 Å². The molecule has 0 aromatic carbocycles. The minimum absolute atomic E-state index is 0.106. The molecule has 0 fully saturated rings. The Balaban J connectivity index is 5.13. The summed E-state index contributed by atoms with van der Waals surface area (Å²) in [6, 6.07) is 0. The Morgan fingerprint density at radius 3 is 2.64 bits per heavy atom. The number of ether oxygens (including phenoxy) is 1. The molecule has 2 N–H and O–H groups in total. The molecule has 14 heavy (non-hydrogen) atoms. The van der Waals surface area contributed by atoms with Gasteiger partial charge in [-0.15, -0.1) is 0 Å². The average molecular weight is 279 g/mol. The SMILES string of the molecule is C=C/C(Br)=C(\N=C(/N)SC)C(=O)OC. The molecule has 0 heterocycles. The van der Waals surface area contributed by atoms with E-state index in [0.29, 0.717) is 4.48 Å². The molecule has 0 aromatic heterocycles. The molecule has 0 aromatic rings. The van der Waals surface area contributed by atoms with Crippen LogP contribution in [0.25, 0.3) is 0 Å². The Bertz CT molecular complexity index is 300. The Labute approximate surface area is 95.4 Å². The summed E-state index contributed by atoms with van der Waals surface area (Å²) in [5, 5.41) is 0.282. The maximum Gasteiger partial charge on any atom is 0.357 e. The number of halogens is 1. The molecule has 4 nitrogen and oxygen atoms in total. The molecule has 6 heteroatoms. The number of carbonyl (C=O) groups excluding carboxylic acids is 1. The highest BCUT2D eigenvalue weighted by Crippen LogP contribution is 2.16. The summed E-state index contributed by atoms with van der Waals surface area (Å²) < 4.78 is 4.98. The van der Waals surface area contributed by atoms with Gasteiger partial charge in [0.1, 0.15) is 0 Å². The molecule has 78 valence electrons. The summed E-state index contributed by atoms with van der Waals surface area (Å²) >= 11 is 4.37. The fourth-order valence-corrected chi connectivity index (χ4v) is 0.979. The molecular weight excluding hydrogens is 268 g/mol. The van der Waals surface area contributed by atoms with Crippen molar-refractivity contribution in [3.8, 4) is 0 Å². The molecule has 0 unspecified atom stereocenters. The van der Waals surface area contributed by atoms with Crippen molar-refractivity contribution in [2.24, 2.45) is 10.7 Å². The molecule has 0 bridgehead atoms. The zero-order chi connectivity index (χ0) is 11.1. The van der Waals surface area contributed by atoms with Crippen LogP contribution in [-0.2, 0) is 9.53 Å². The smallest absolute Gasteiger partial charge is 0.357 e. The zero-order valence-corrected chi connectivity index (χ0v) is 10.3. The first kappa shape index (κ1) is 13.2. The lowest BCUT2D eigenvalue weighted by molar-refractivity contribution is -0.136. The lowest BCUT2D eigenvalue weighted by Gasteiger charge is -2.02. The predicted octanol–water partition coefficient (Wildman–Crippen LogP) is 1.63. The number of methoxy groups -OCH3 is 1. The minimum atomic E-state index is -0.561. The molecule has 0 atom stereocenters. The Kier molecular flexibility index (Phi) is 6.31. The standard InChI is InChI=1S/C8H11BrN2O2S/c1-4-5(9)6(7(12)13-2)11-8(10)14-3/h4H,1H2,2-3H3,(H2,10,11)/b6-5+. The lowest BCUT2D eigenvalue weighted by Crippen LogP contribution is -2.11. The summed E-state index contributed by atoms with van der Waals surface area (Å²) in [4.78, 5) is 15.1. The van der Waals surface area contributed by atoms with Gasteiger partial charge in [0.05, 0.1) is 11.6 Å². The van der Waals surface area contributed by atoms with Gasteiger partial charge in [-0.2, -0.15) is 0 Å². The third-order valence-corrected chi connectivity index (χ3v) is 2.42. The molecule has 0 saturated heterocycles.